The highest BCUT2D eigenvalue weighted by atomic mass is 31.2. The summed E-state index contributed by atoms with van der Waals surface area (Å²) >= 11 is 0. The Balaban J connectivity index is 1.87. The molecule has 0 saturated heterocycles. The number of hydrogen-bond donors (Lipinski definition) is 3. The van der Waals surface area contributed by atoms with Crippen LogP contribution in [0.15, 0.2) is 42.5 Å². The second-order valence-corrected chi connectivity index (χ2v) is 10.0. The van der Waals surface area contributed by atoms with Crippen LogP contribution in [-0.2, 0) is 24.8 Å². The lowest BCUT2D eigenvalue weighted by molar-refractivity contribution is -0.137. The van der Waals surface area contributed by atoms with Crippen LogP contribution in [0.2, 0.25) is 0 Å². The summed E-state index contributed by atoms with van der Waals surface area (Å²) in [6.07, 6.45) is 5.35. The van der Waals surface area contributed by atoms with Crippen LogP contribution in [0.5, 0.6) is 0 Å². The maximum atomic E-state index is 12.9. The standard InChI is InChI=1S/C22H33O7P/c1-28-30(27,14-13-17-9-5-4-6-10-17)29-16-19-18(20(23)15-21(19)24)11-7-2-3-8-12-22(25)26/h2,4-7,9-10,18-21,23-24H,3,8,11-16H2,1H3,(H,25,26)/b7-2-/t18?,19-,20+,21-,30?/m1/s1. The Kier molecular flexibility index (Phi) is 10.2. The van der Waals surface area contributed by atoms with Crippen molar-refractivity contribution in [2.24, 2.45) is 11.8 Å². The molecule has 0 bridgehead atoms. The molecule has 3 N–H and O–H groups in total. The first kappa shape index (κ1) is 24.8. The van der Waals surface area contributed by atoms with Crippen molar-refractivity contribution in [1.82, 2.24) is 0 Å². The van der Waals surface area contributed by atoms with Gasteiger partial charge in [0.25, 0.3) is 0 Å². The lowest BCUT2D eigenvalue weighted by Crippen LogP contribution is -2.26. The molecular weight excluding hydrogens is 407 g/mol. The quantitative estimate of drug-likeness (QED) is 0.244. The summed E-state index contributed by atoms with van der Waals surface area (Å²) in [6.45, 7) is 0.0512. The highest BCUT2D eigenvalue weighted by molar-refractivity contribution is 7.53. The third-order valence-corrected chi connectivity index (χ3v) is 7.49. The summed E-state index contributed by atoms with van der Waals surface area (Å²) < 4.78 is 23.8. The van der Waals surface area contributed by atoms with Crippen LogP contribution in [0.4, 0.5) is 0 Å². The molecule has 2 rings (SSSR count). The van der Waals surface area contributed by atoms with Gasteiger partial charge in [0, 0.05) is 19.4 Å². The van der Waals surface area contributed by atoms with Crippen LogP contribution in [0.3, 0.4) is 0 Å². The van der Waals surface area contributed by atoms with Crippen molar-refractivity contribution in [3.8, 4) is 0 Å². The van der Waals surface area contributed by atoms with Gasteiger partial charge < -0.3 is 24.4 Å². The number of carbonyl (C=O) groups is 1. The summed E-state index contributed by atoms with van der Waals surface area (Å²) in [5, 5.41) is 29.3. The molecule has 7 nitrogen and oxygen atoms in total. The summed E-state index contributed by atoms with van der Waals surface area (Å²) in [6, 6.07) is 9.67. The van der Waals surface area contributed by atoms with Gasteiger partial charge in [-0.3, -0.25) is 9.36 Å². The zero-order valence-electron chi connectivity index (χ0n) is 17.4. The Hall–Kier alpha value is -1.50. The molecule has 1 saturated carbocycles. The average molecular weight is 440 g/mol. The Labute approximate surface area is 178 Å². The van der Waals surface area contributed by atoms with Gasteiger partial charge in [-0.05, 0) is 43.6 Å². The van der Waals surface area contributed by atoms with Crippen LogP contribution >= 0.6 is 7.60 Å². The molecule has 0 aromatic heterocycles. The van der Waals surface area contributed by atoms with E-state index in [2.05, 4.69) is 0 Å². The predicted molar refractivity (Wildman–Crippen MR) is 114 cm³/mol. The molecule has 8 heteroatoms. The molecule has 1 aliphatic carbocycles. The van der Waals surface area contributed by atoms with Crippen LogP contribution < -0.4 is 0 Å². The summed E-state index contributed by atoms with van der Waals surface area (Å²) in [5.74, 6) is -1.37. The van der Waals surface area contributed by atoms with E-state index in [1.165, 1.54) is 7.11 Å². The van der Waals surface area contributed by atoms with Gasteiger partial charge in [0.15, 0.2) is 0 Å². The number of aryl methyl sites for hydroxylation is 1. The first-order chi connectivity index (χ1) is 14.3. The zero-order valence-corrected chi connectivity index (χ0v) is 18.3. The number of unbranched alkanes of at least 4 members (excludes halogenated alkanes) is 1. The minimum absolute atomic E-state index is 0.0512. The molecule has 0 heterocycles. The van der Waals surface area contributed by atoms with Gasteiger partial charge in [-0.15, -0.1) is 0 Å². The highest BCUT2D eigenvalue weighted by Crippen LogP contribution is 2.49. The third-order valence-electron chi connectivity index (χ3n) is 5.62. The van der Waals surface area contributed by atoms with E-state index in [0.717, 1.165) is 5.56 Å². The van der Waals surface area contributed by atoms with E-state index in [4.69, 9.17) is 14.2 Å². The van der Waals surface area contributed by atoms with Gasteiger partial charge in [-0.1, -0.05) is 42.5 Å². The number of aliphatic carboxylic acids is 1. The third kappa shape index (κ3) is 7.97. The lowest BCUT2D eigenvalue weighted by Gasteiger charge is -2.25. The molecule has 0 aliphatic heterocycles. The lowest BCUT2D eigenvalue weighted by atomic mass is 9.91. The number of carboxylic acid groups (broad SMARTS) is 1. The number of aliphatic hydroxyl groups excluding tert-OH is 2. The van der Waals surface area contributed by atoms with Gasteiger partial charge in [-0.25, -0.2) is 0 Å². The smallest absolute Gasteiger partial charge is 0.330 e. The van der Waals surface area contributed by atoms with Crippen LogP contribution in [0.1, 0.15) is 37.7 Å². The Morgan fingerprint density at radius 2 is 1.87 bits per heavy atom. The van der Waals surface area contributed by atoms with E-state index in [-0.39, 0.29) is 37.4 Å². The van der Waals surface area contributed by atoms with Gasteiger partial charge in [-0.2, -0.15) is 0 Å². The molecule has 5 atom stereocenters. The molecule has 0 amide bonds. The fraction of sp³-hybridized carbons (Fsp3) is 0.591. The van der Waals surface area contributed by atoms with E-state index in [0.29, 0.717) is 25.7 Å². The van der Waals surface area contributed by atoms with E-state index in [1.54, 1.807) is 0 Å². The summed E-state index contributed by atoms with van der Waals surface area (Å²) in [7, 11) is -1.94. The van der Waals surface area contributed by atoms with Crippen molar-refractivity contribution < 1.29 is 33.7 Å². The number of rotatable bonds is 13. The molecular formula is C22H33O7P. The second kappa shape index (κ2) is 12.4. The average Bonchev–Trinajstić information content (AvgIpc) is 3.00. The summed E-state index contributed by atoms with van der Waals surface area (Å²) in [4.78, 5) is 10.5. The van der Waals surface area contributed by atoms with Crippen molar-refractivity contribution in [3.63, 3.8) is 0 Å². The van der Waals surface area contributed by atoms with E-state index in [9.17, 15) is 19.6 Å². The molecule has 1 aromatic carbocycles. The number of carboxylic acids is 1. The Morgan fingerprint density at radius 1 is 1.17 bits per heavy atom. The number of hydrogen-bond acceptors (Lipinski definition) is 6. The predicted octanol–water partition coefficient (Wildman–Crippen LogP) is 3.64. The summed E-state index contributed by atoms with van der Waals surface area (Å²) in [5.41, 5.74) is 1.04. The minimum atomic E-state index is -3.31. The minimum Gasteiger partial charge on any atom is -0.481 e. The van der Waals surface area contributed by atoms with Crippen molar-refractivity contribution in [3.05, 3.63) is 48.0 Å². The maximum Gasteiger partial charge on any atom is 0.330 e. The van der Waals surface area contributed by atoms with Crippen molar-refractivity contribution in [2.45, 2.75) is 50.7 Å². The van der Waals surface area contributed by atoms with Gasteiger partial charge in [0.05, 0.1) is 25.0 Å². The van der Waals surface area contributed by atoms with Gasteiger partial charge in [0.1, 0.15) is 0 Å². The normalized spacial score (nSPS) is 26.1. The van der Waals surface area contributed by atoms with Crippen molar-refractivity contribution in [1.29, 1.82) is 0 Å². The van der Waals surface area contributed by atoms with Crippen LogP contribution in [0.25, 0.3) is 0 Å². The Morgan fingerprint density at radius 3 is 2.53 bits per heavy atom. The van der Waals surface area contributed by atoms with Crippen molar-refractivity contribution in [2.75, 3.05) is 19.9 Å². The molecule has 2 unspecified atom stereocenters. The monoisotopic (exact) mass is 440 g/mol. The van der Waals surface area contributed by atoms with E-state index in [1.807, 2.05) is 42.5 Å². The highest BCUT2D eigenvalue weighted by Gasteiger charge is 2.42. The number of allylic oxidation sites excluding steroid dienone is 2. The molecule has 0 spiro atoms. The molecule has 30 heavy (non-hydrogen) atoms. The largest absolute Gasteiger partial charge is 0.481 e. The molecule has 1 fully saturated rings. The topological polar surface area (TPSA) is 113 Å². The number of benzene rings is 1. The van der Waals surface area contributed by atoms with Crippen LogP contribution in [0, 0.1) is 11.8 Å². The molecule has 1 aliphatic rings. The second-order valence-electron chi connectivity index (χ2n) is 7.74. The van der Waals surface area contributed by atoms with Crippen LogP contribution in [-0.4, -0.2) is 53.4 Å². The van der Waals surface area contributed by atoms with E-state index < -0.39 is 25.8 Å². The zero-order chi connectivity index (χ0) is 22.0. The Bertz CT molecular complexity index is 721. The van der Waals surface area contributed by atoms with Gasteiger partial charge >= 0.3 is 13.6 Å². The maximum absolute atomic E-state index is 12.9. The fourth-order valence-electron chi connectivity index (χ4n) is 3.80. The molecule has 168 valence electrons. The molecule has 0 radical (unpaired) electrons. The van der Waals surface area contributed by atoms with Gasteiger partial charge in [0.2, 0.25) is 0 Å². The van der Waals surface area contributed by atoms with E-state index >= 15 is 0 Å². The SMILES string of the molecule is COP(=O)(CCc1ccccc1)OC[C@@H]1C(C/C=C\CCCC(=O)O)[C@@H](O)C[C@H]1O. The first-order valence-electron chi connectivity index (χ1n) is 10.4. The molecule has 1 aromatic rings. The number of aliphatic hydroxyl groups is 2. The first-order valence-corrected chi connectivity index (χ1v) is 12.1. The fourth-order valence-corrected chi connectivity index (χ4v) is 5.14. The van der Waals surface area contributed by atoms with Crippen molar-refractivity contribution >= 4 is 13.6 Å².